The zero-order valence-corrected chi connectivity index (χ0v) is 15.7. The van der Waals surface area contributed by atoms with E-state index in [1.165, 1.54) is 0 Å². The molecule has 0 amide bonds. The Morgan fingerprint density at radius 2 is 2.00 bits per heavy atom. The van der Waals surface area contributed by atoms with Gasteiger partial charge in [-0.15, -0.1) is 0 Å². The Balaban J connectivity index is 3.05. The van der Waals surface area contributed by atoms with Gasteiger partial charge in [-0.2, -0.15) is 0 Å². The van der Waals surface area contributed by atoms with Crippen molar-refractivity contribution in [3.8, 4) is 0 Å². The molecular weight excluding hydrogens is 334 g/mol. The number of aromatic nitrogens is 1. The Morgan fingerprint density at radius 1 is 1.40 bits per heavy atom. The number of Topliss-reactive ketones (excluding diaryl/α,β-unsaturated/α-hetero) is 1. The van der Waals surface area contributed by atoms with Gasteiger partial charge in [0, 0.05) is 6.42 Å². The summed E-state index contributed by atoms with van der Waals surface area (Å²) >= 11 is 3.38. The van der Waals surface area contributed by atoms with E-state index in [0.717, 1.165) is 10.3 Å². The van der Waals surface area contributed by atoms with Crippen molar-refractivity contribution in [3.63, 3.8) is 0 Å². The third kappa shape index (κ3) is 4.79. The zero-order chi connectivity index (χ0) is 15.6. The molecule has 0 aliphatic rings. The van der Waals surface area contributed by atoms with E-state index >= 15 is 0 Å². The third-order valence-electron chi connectivity index (χ3n) is 3.78. The van der Waals surface area contributed by atoms with Gasteiger partial charge in [-0.25, -0.2) is 4.98 Å². The van der Waals surface area contributed by atoms with E-state index in [1.807, 2.05) is 18.2 Å². The number of hydrogen-bond acceptors (Lipinski definition) is 3. The van der Waals surface area contributed by atoms with Crippen molar-refractivity contribution in [2.75, 3.05) is 0 Å². The molecule has 1 atom stereocenters. The van der Waals surface area contributed by atoms with E-state index in [2.05, 4.69) is 54.8 Å². The van der Waals surface area contributed by atoms with E-state index in [4.69, 9.17) is 4.43 Å². The maximum Gasteiger partial charge on any atom is 0.193 e. The summed E-state index contributed by atoms with van der Waals surface area (Å²) in [6.07, 6.45) is 0.113. The van der Waals surface area contributed by atoms with Gasteiger partial charge < -0.3 is 4.43 Å². The lowest BCUT2D eigenvalue weighted by atomic mass is 10.1. The molecule has 112 valence electrons. The molecule has 1 unspecified atom stereocenters. The summed E-state index contributed by atoms with van der Waals surface area (Å²) in [5, 5.41) is 0.105. The van der Waals surface area contributed by atoms with E-state index in [9.17, 15) is 4.79 Å². The quantitative estimate of drug-likeness (QED) is 0.556. The highest BCUT2D eigenvalue weighted by atomic mass is 79.9. The summed E-state index contributed by atoms with van der Waals surface area (Å²) in [6.45, 7) is 12.6. The smallest absolute Gasteiger partial charge is 0.193 e. The standard InChI is InChI=1S/C15H24BrNO2Si/c1-11(18)10-13(12-8-7-9-14(16)17-12)19-20(5,6)15(2,3)4/h7-9,13H,10H2,1-6H3. The number of halogens is 1. The highest BCUT2D eigenvalue weighted by Gasteiger charge is 2.39. The first-order valence-corrected chi connectivity index (χ1v) is 10.5. The fourth-order valence-corrected chi connectivity index (χ4v) is 3.23. The SMILES string of the molecule is CC(=O)CC(O[Si](C)(C)C(C)(C)C)c1cccc(Br)n1. The molecule has 0 bridgehead atoms. The van der Waals surface area contributed by atoms with Crippen molar-refractivity contribution in [1.82, 2.24) is 4.98 Å². The van der Waals surface area contributed by atoms with E-state index in [-0.39, 0.29) is 16.9 Å². The molecule has 0 aliphatic carbocycles. The van der Waals surface area contributed by atoms with Gasteiger partial charge in [-0.1, -0.05) is 26.8 Å². The molecule has 0 aliphatic heterocycles. The van der Waals surface area contributed by atoms with Crippen molar-refractivity contribution in [2.45, 2.75) is 58.4 Å². The van der Waals surface area contributed by atoms with Crippen LogP contribution in [-0.2, 0) is 9.22 Å². The summed E-state index contributed by atoms with van der Waals surface area (Å²) < 4.78 is 7.16. The maximum atomic E-state index is 11.5. The lowest BCUT2D eigenvalue weighted by Gasteiger charge is -2.39. The average Bonchev–Trinajstić information content (AvgIpc) is 2.25. The normalized spacial score (nSPS) is 14.2. The van der Waals surface area contributed by atoms with E-state index < -0.39 is 8.32 Å². The van der Waals surface area contributed by atoms with Gasteiger partial charge in [0.05, 0.1) is 11.8 Å². The molecule has 1 heterocycles. The number of nitrogens with zero attached hydrogens (tertiary/aromatic N) is 1. The van der Waals surface area contributed by atoms with Crippen LogP contribution in [0.15, 0.2) is 22.8 Å². The fourth-order valence-electron chi connectivity index (χ4n) is 1.60. The van der Waals surface area contributed by atoms with E-state index in [1.54, 1.807) is 6.92 Å². The van der Waals surface area contributed by atoms with Crippen LogP contribution in [0.1, 0.15) is 45.9 Å². The molecule has 0 aromatic carbocycles. The fraction of sp³-hybridized carbons (Fsp3) is 0.600. The minimum Gasteiger partial charge on any atom is -0.408 e. The molecule has 3 nitrogen and oxygen atoms in total. The molecule has 0 saturated carbocycles. The summed E-state index contributed by atoms with van der Waals surface area (Å²) in [5.74, 6) is 0.121. The molecule has 1 aromatic rings. The molecule has 0 N–H and O–H groups in total. The van der Waals surface area contributed by atoms with Crippen molar-refractivity contribution < 1.29 is 9.22 Å². The molecule has 5 heteroatoms. The van der Waals surface area contributed by atoms with Gasteiger partial charge in [0.25, 0.3) is 0 Å². The van der Waals surface area contributed by atoms with Crippen molar-refractivity contribution in [2.24, 2.45) is 0 Å². The predicted octanol–water partition coefficient (Wildman–Crippen LogP) is 4.89. The lowest BCUT2D eigenvalue weighted by molar-refractivity contribution is -0.118. The summed E-state index contributed by atoms with van der Waals surface area (Å²) in [4.78, 5) is 16.0. The number of hydrogen-bond donors (Lipinski definition) is 0. The first-order chi connectivity index (χ1) is 9.03. The van der Waals surface area contributed by atoms with Gasteiger partial charge in [0.1, 0.15) is 10.4 Å². The van der Waals surface area contributed by atoms with Gasteiger partial charge in [-0.05, 0) is 53.1 Å². The molecule has 0 fully saturated rings. The number of carbonyl (C=O) groups excluding carboxylic acids is 1. The number of rotatable bonds is 5. The Morgan fingerprint density at radius 3 is 2.45 bits per heavy atom. The van der Waals surface area contributed by atoms with Gasteiger partial charge in [0.15, 0.2) is 8.32 Å². The Labute approximate surface area is 131 Å². The number of ketones is 1. The second-order valence-corrected chi connectivity index (χ2v) is 12.2. The van der Waals surface area contributed by atoms with Crippen molar-refractivity contribution in [1.29, 1.82) is 0 Å². The topological polar surface area (TPSA) is 39.2 Å². The van der Waals surface area contributed by atoms with Crippen LogP contribution < -0.4 is 0 Å². The van der Waals surface area contributed by atoms with Crippen LogP contribution in [0.5, 0.6) is 0 Å². The Bertz CT molecular complexity index is 483. The monoisotopic (exact) mass is 357 g/mol. The molecule has 1 rings (SSSR count). The van der Waals surface area contributed by atoms with Crippen LogP contribution in [0.25, 0.3) is 0 Å². The van der Waals surface area contributed by atoms with Crippen LogP contribution in [-0.4, -0.2) is 19.1 Å². The van der Waals surface area contributed by atoms with Crippen molar-refractivity contribution in [3.05, 3.63) is 28.5 Å². The first-order valence-electron chi connectivity index (χ1n) is 6.82. The number of carbonyl (C=O) groups is 1. The first kappa shape index (κ1) is 17.5. The molecule has 0 spiro atoms. The minimum absolute atomic E-state index is 0.105. The second-order valence-electron chi connectivity index (χ2n) is 6.66. The highest BCUT2D eigenvalue weighted by Crippen LogP contribution is 2.40. The molecule has 1 aromatic heterocycles. The Hall–Kier alpha value is -0.523. The third-order valence-corrected chi connectivity index (χ3v) is 8.71. The predicted molar refractivity (Wildman–Crippen MR) is 88.3 cm³/mol. The minimum atomic E-state index is -1.94. The lowest BCUT2D eigenvalue weighted by Crippen LogP contribution is -2.42. The van der Waals surface area contributed by atoms with E-state index in [0.29, 0.717) is 6.42 Å². The van der Waals surface area contributed by atoms with Crippen molar-refractivity contribution >= 4 is 30.0 Å². The van der Waals surface area contributed by atoms with Crippen LogP contribution in [0, 0.1) is 0 Å². The molecule has 0 radical (unpaired) electrons. The zero-order valence-electron chi connectivity index (χ0n) is 13.2. The van der Waals surface area contributed by atoms with Crippen LogP contribution in [0.4, 0.5) is 0 Å². The van der Waals surface area contributed by atoms with Crippen LogP contribution in [0.2, 0.25) is 18.1 Å². The summed E-state index contributed by atoms with van der Waals surface area (Å²) in [6, 6.07) is 5.72. The Kier molecular flexibility index (Phi) is 5.69. The van der Waals surface area contributed by atoms with Crippen LogP contribution in [0.3, 0.4) is 0 Å². The molecular formula is C15H24BrNO2Si. The molecule has 20 heavy (non-hydrogen) atoms. The largest absolute Gasteiger partial charge is 0.408 e. The van der Waals surface area contributed by atoms with Gasteiger partial charge in [-0.3, -0.25) is 4.79 Å². The maximum absolute atomic E-state index is 11.5. The highest BCUT2D eigenvalue weighted by molar-refractivity contribution is 9.10. The van der Waals surface area contributed by atoms with Gasteiger partial charge >= 0.3 is 0 Å². The summed E-state index contributed by atoms with van der Waals surface area (Å²) in [7, 11) is -1.94. The number of pyridine rings is 1. The van der Waals surface area contributed by atoms with Gasteiger partial charge in [0.2, 0.25) is 0 Å². The van der Waals surface area contributed by atoms with Crippen LogP contribution >= 0.6 is 15.9 Å². The average molecular weight is 358 g/mol. The molecule has 0 saturated heterocycles. The second kappa shape index (κ2) is 6.50. The summed E-state index contributed by atoms with van der Waals surface area (Å²) in [5.41, 5.74) is 0.819.